The number of pyridine rings is 2. The van der Waals surface area contributed by atoms with Crippen molar-refractivity contribution in [3.8, 4) is 17.0 Å². The average Bonchev–Trinajstić information content (AvgIpc) is 2.85. The van der Waals surface area contributed by atoms with E-state index < -0.39 is 56.5 Å². The van der Waals surface area contributed by atoms with E-state index in [9.17, 15) is 39.6 Å². The molecule has 1 amide bonds. The topological polar surface area (TPSA) is 92.7 Å². The fourth-order valence-electron chi connectivity index (χ4n) is 3.43. The lowest BCUT2D eigenvalue weighted by atomic mass is 10.0. The summed E-state index contributed by atoms with van der Waals surface area (Å²) in [7, 11) is -1.13. The Morgan fingerprint density at radius 3 is 2.26 bits per heavy atom. The van der Waals surface area contributed by atoms with Crippen LogP contribution in [0.4, 0.5) is 32.0 Å². The molecule has 0 aliphatic carbocycles. The number of halogens is 6. The van der Waals surface area contributed by atoms with Gasteiger partial charge in [0.15, 0.2) is 0 Å². The van der Waals surface area contributed by atoms with E-state index in [1.54, 1.807) is 0 Å². The molecule has 0 bridgehead atoms. The first kappa shape index (κ1) is 28.8. The molecule has 0 saturated carbocycles. The highest BCUT2D eigenvalue weighted by molar-refractivity contribution is 7.89. The van der Waals surface area contributed by atoms with Crippen LogP contribution in [0.5, 0.6) is 5.88 Å². The maximum atomic E-state index is 13.7. The zero-order valence-electron chi connectivity index (χ0n) is 20.0. The summed E-state index contributed by atoms with van der Waals surface area (Å²) in [6, 6.07) is 5.38. The molecule has 3 aromatic rings. The highest BCUT2D eigenvalue weighted by Crippen LogP contribution is 2.38. The molecule has 38 heavy (non-hydrogen) atoms. The van der Waals surface area contributed by atoms with E-state index in [4.69, 9.17) is 4.74 Å². The Morgan fingerprint density at radius 1 is 1.00 bits per heavy atom. The largest absolute Gasteiger partial charge is 0.481 e. The number of methoxy groups -OCH3 is 1. The van der Waals surface area contributed by atoms with Crippen LogP contribution in [0.25, 0.3) is 11.1 Å². The Balaban J connectivity index is 2.28. The third-order valence-corrected chi connectivity index (χ3v) is 6.98. The van der Waals surface area contributed by atoms with Crippen LogP contribution in [-0.4, -0.2) is 62.5 Å². The summed E-state index contributed by atoms with van der Waals surface area (Å²) in [5, 5.41) is 0. The Bertz CT molecular complexity index is 1440. The van der Waals surface area contributed by atoms with Gasteiger partial charge in [0.25, 0.3) is 5.91 Å². The van der Waals surface area contributed by atoms with Crippen molar-refractivity contribution in [2.45, 2.75) is 17.2 Å². The highest BCUT2D eigenvalue weighted by atomic mass is 32.2. The van der Waals surface area contributed by atoms with Crippen LogP contribution in [0.1, 0.15) is 15.9 Å². The lowest BCUT2D eigenvalue weighted by Crippen LogP contribution is -2.39. The molecule has 2 heterocycles. The number of sulfonamides is 1. The standard InChI is InChI=1S/C23H20F6N4O4S/c1-32(2)38(35,36)16-10-14(9-15(11-16)23(27,28)29)21(34)33(13-22(24,25)26)19-12-30-8-6-17(19)18-5-4-7-31-20(18)37-3/h4-12H,13H2,1-3H3. The van der Waals surface area contributed by atoms with E-state index in [1.807, 2.05) is 0 Å². The van der Waals surface area contributed by atoms with Crippen molar-refractivity contribution in [3.63, 3.8) is 0 Å². The van der Waals surface area contributed by atoms with Crippen molar-refractivity contribution in [1.82, 2.24) is 14.3 Å². The molecule has 8 nitrogen and oxygen atoms in total. The second-order valence-corrected chi connectivity index (χ2v) is 10.1. The highest BCUT2D eigenvalue weighted by Gasteiger charge is 2.38. The molecular weight excluding hydrogens is 542 g/mol. The minimum Gasteiger partial charge on any atom is -0.481 e. The zero-order chi connectivity index (χ0) is 28.5. The number of benzene rings is 1. The number of hydrogen-bond donors (Lipinski definition) is 0. The predicted molar refractivity (Wildman–Crippen MR) is 124 cm³/mol. The first-order chi connectivity index (χ1) is 17.6. The Labute approximate surface area is 213 Å². The fourth-order valence-corrected chi connectivity index (χ4v) is 4.41. The molecule has 0 aliphatic heterocycles. The fraction of sp³-hybridized carbons (Fsp3) is 0.261. The summed E-state index contributed by atoms with van der Waals surface area (Å²) in [5.41, 5.74) is -2.70. The normalized spacial score (nSPS) is 12.5. The number of aromatic nitrogens is 2. The SMILES string of the molecule is COc1ncccc1-c1ccncc1N(CC(F)(F)F)C(=O)c1cc(C(F)(F)F)cc(S(=O)(=O)N(C)C)c1. The summed E-state index contributed by atoms with van der Waals surface area (Å²) < 4.78 is 113. The maximum Gasteiger partial charge on any atom is 0.416 e. The maximum absolute atomic E-state index is 13.7. The number of carbonyl (C=O) groups excluding carboxylic acids is 1. The van der Waals surface area contributed by atoms with Crippen molar-refractivity contribution >= 4 is 21.6 Å². The van der Waals surface area contributed by atoms with Gasteiger partial charge in [-0.2, -0.15) is 26.3 Å². The molecular formula is C23H20F6N4O4S. The van der Waals surface area contributed by atoms with Gasteiger partial charge in [0, 0.05) is 43.2 Å². The molecule has 0 N–H and O–H groups in total. The molecule has 0 unspecified atom stereocenters. The van der Waals surface area contributed by atoms with Crippen molar-refractivity contribution in [2.24, 2.45) is 0 Å². The van der Waals surface area contributed by atoms with Crippen molar-refractivity contribution in [2.75, 3.05) is 32.6 Å². The number of hydrogen-bond acceptors (Lipinski definition) is 6. The van der Waals surface area contributed by atoms with Crippen LogP contribution in [0.3, 0.4) is 0 Å². The number of carbonyl (C=O) groups is 1. The number of anilines is 1. The van der Waals surface area contributed by atoms with Gasteiger partial charge in [-0.3, -0.25) is 14.7 Å². The zero-order valence-corrected chi connectivity index (χ0v) is 20.8. The number of amides is 1. The van der Waals surface area contributed by atoms with Crippen molar-refractivity contribution < 1.29 is 44.3 Å². The summed E-state index contributed by atoms with van der Waals surface area (Å²) in [4.78, 5) is 20.5. The smallest absolute Gasteiger partial charge is 0.416 e. The van der Waals surface area contributed by atoms with E-state index in [0.717, 1.165) is 20.3 Å². The van der Waals surface area contributed by atoms with E-state index >= 15 is 0 Å². The van der Waals surface area contributed by atoms with Gasteiger partial charge >= 0.3 is 12.4 Å². The number of ether oxygens (including phenoxy) is 1. The van der Waals surface area contributed by atoms with E-state index in [2.05, 4.69) is 9.97 Å². The van der Waals surface area contributed by atoms with Gasteiger partial charge in [-0.15, -0.1) is 0 Å². The molecule has 204 valence electrons. The monoisotopic (exact) mass is 562 g/mol. The molecule has 0 radical (unpaired) electrons. The summed E-state index contributed by atoms with van der Waals surface area (Å²) >= 11 is 0. The Hall–Kier alpha value is -3.72. The lowest BCUT2D eigenvalue weighted by Gasteiger charge is -2.27. The van der Waals surface area contributed by atoms with Gasteiger partial charge in [-0.25, -0.2) is 17.7 Å². The Morgan fingerprint density at radius 2 is 1.68 bits per heavy atom. The van der Waals surface area contributed by atoms with Crippen LogP contribution < -0.4 is 9.64 Å². The quantitative estimate of drug-likeness (QED) is 0.390. The Kier molecular flexibility index (Phi) is 8.02. The van der Waals surface area contributed by atoms with Gasteiger partial charge in [0.1, 0.15) is 6.54 Å². The van der Waals surface area contributed by atoms with Gasteiger partial charge in [-0.1, -0.05) is 0 Å². The third kappa shape index (κ3) is 6.22. The molecule has 0 fully saturated rings. The number of alkyl halides is 6. The minimum atomic E-state index is -5.11. The molecule has 0 saturated heterocycles. The van der Waals surface area contributed by atoms with Crippen LogP contribution >= 0.6 is 0 Å². The first-order valence-corrected chi connectivity index (χ1v) is 12.0. The third-order valence-electron chi connectivity index (χ3n) is 5.19. The van der Waals surface area contributed by atoms with Crippen LogP contribution in [-0.2, 0) is 16.2 Å². The van der Waals surface area contributed by atoms with E-state index in [-0.39, 0.29) is 21.9 Å². The van der Waals surface area contributed by atoms with Gasteiger partial charge in [-0.05, 0) is 36.4 Å². The van der Waals surface area contributed by atoms with Crippen molar-refractivity contribution in [3.05, 3.63) is 66.1 Å². The number of nitrogens with zero attached hydrogens (tertiary/aromatic N) is 4. The van der Waals surface area contributed by atoms with Gasteiger partial charge < -0.3 is 4.74 Å². The second kappa shape index (κ2) is 10.6. The first-order valence-electron chi connectivity index (χ1n) is 10.5. The summed E-state index contributed by atoms with van der Waals surface area (Å²) in [6.45, 7) is -1.92. The molecule has 1 aromatic carbocycles. The molecule has 0 aliphatic rings. The summed E-state index contributed by atoms with van der Waals surface area (Å²) in [6.07, 6.45) is -6.59. The van der Waals surface area contributed by atoms with E-state index in [0.29, 0.717) is 22.5 Å². The van der Waals surface area contributed by atoms with Crippen LogP contribution in [0.15, 0.2) is 59.9 Å². The average molecular weight is 562 g/mol. The number of rotatable bonds is 7. The van der Waals surface area contributed by atoms with Crippen LogP contribution in [0, 0.1) is 0 Å². The lowest BCUT2D eigenvalue weighted by molar-refractivity contribution is -0.137. The van der Waals surface area contributed by atoms with Crippen molar-refractivity contribution in [1.29, 1.82) is 0 Å². The van der Waals surface area contributed by atoms with Gasteiger partial charge in [0.2, 0.25) is 15.9 Å². The molecule has 3 rings (SSSR count). The molecule has 0 spiro atoms. The van der Waals surface area contributed by atoms with E-state index in [1.165, 1.54) is 37.7 Å². The molecule has 15 heteroatoms. The molecule has 0 atom stereocenters. The predicted octanol–water partition coefficient (Wildman–Crippen LogP) is 4.63. The van der Waals surface area contributed by atoms with Crippen LogP contribution in [0.2, 0.25) is 0 Å². The van der Waals surface area contributed by atoms with Gasteiger partial charge in [0.05, 0.1) is 29.5 Å². The summed E-state index contributed by atoms with van der Waals surface area (Å²) in [5.74, 6) is -1.54. The molecule has 2 aromatic heterocycles. The second-order valence-electron chi connectivity index (χ2n) is 7.99. The minimum absolute atomic E-state index is 0.00205.